The average Bonchev–Trinajstić information content (AvgIpc) is 3.28. The minimum Gasteiger partial charge on any atom is -0.456 e. The van der Waals surface area contributed by atoms with Crippen LogP contribution in [0.5, 0.6) is 0 Å². The summed E-state index contributed by atoms with van der Waals surface area (Å²) in [6.45, 7) is -0.145. The minimum atomic E-state index is -0.617. The summed E-state index contributed by atoms with van der Waals surface area (Å²) in [7, 11) is 0. The van der Waals surface area contributed by atoms with Crippen LogP contribution >= 0.6 is 11.6 Å². The molecule has 0 bridgehead atoms. The van der Waals surface area contributed by atoms with Crippen LogP contribution in [0.4, 0.5) is 4.79 Å². The first kappa shape index (κ1) is 17.9. The maximum Gasteiger partial charge on any atom is 0.338 e. The van der Waals surface area contributed by atoms with Crippen molar-refractivity contribution in [2.75, 3.05) is 13.2 Å². The number of cyclic esters (lactones) is 1. The molecule has 4 rings (SSSR count). The fourth-order valence-corrected chi connectivity index (χ4v) is 4.00. The van der Waals surface area contributed by atoms with Crippen LogP contribution in [-0.2, 0) is 14.3 Å². The Balaban J connectivity index is 1.57. The molecule has 1 fully saturated rings. The zero-order chi connectivity index (χ0) is 19.0. The number of amides is 3. The van der Waals surface area contributed by atoms with Gasteiger partial charge in [-0.3, -0.25) is 9.69 Å². The largest absolute Gasteiger partial charge is 0.456 e. The van der Waals surface area contributed by atoms with Gasteiger partial charge in [0.2, 0.25) is 5.91 Å². The maximum atomic E-state index is 12.7. The summed E-state index contributed by atoms with van der Waals surface area (Å²) in [4.78, 5) is 38.6. The van der Waals surface area contributed by atoms with E-state index < -0.39 is 18.0 Å². The Morgan fingerprint density at radius 1 is 1.22 bits per heavy atom. The minimum absolute atomic E-state index is 0.0115. The molecule has 0 radical (unpaired) electrons. The first-order valence-corrected chi connectivity index (χ1v) is 9.44. The van der Waals surface area contributed by atoms with Gasteiger partial charge in [-0.15, -0.1) is 0 Å². The predicted molar refractivity (Wildman–Crippen MR) is 97.8 cm³/mol. The van der Waals surface area contributed by atoms with Crippen LogP contribution in [0, 0.1) is 0 Å². The molecule has 3 amide bonds. The molecule has 3 aliphatic rings. The average molecular weight is 390 g/mol. The molecule has 0 saturated heterocycles. The number of halogens is 1. The van der Waals surface area contributed by atoms with Gasteiger partial charge in [0.15, 0.2) is 0 Å². The van der Waals surface area contributed by atoms with Crippen LogP contribution in [0.15, 0.2) is 35.5 Å². The molecule has 0 spiro atoms. The van der Waals surface area contributed by atoms with E-state index in [1.807, 2.05) is 0 Å². The SMILES string of the molecule is O=C(CN1C(=O)NC(c2ccc(Cl)cc2)C2=C1COC2=O)NC1CCCC1. The standard InChI is InChI=1S/C19H20ClN3O4/c20-12-7-5-11(6-8-12)17-16-14(10-27-18(16)25)23(19(26)22-17)9-15(24)21-13-3-1-2-4-13/h5-8,13,17H,1-4,9-10H2,(H,21,24)(H,22,26). The van der Waals surface area contributed by atoms with Gasteiger partial charge < -0.3 is 15.4 Å². The van der Waals surface area contributed by atoms with Crippen LogP contribution in [0.1, 0.15) is 37.3 Å². The zero-order valence-corrected chi connectivity index (χ0v) is 15.4. The predicted octanol–water partition coefficient (Wildman–Crippen LogP) is 2.28. The highest BCUT2D eigenvalue weighted by atomic mass is 35.5. The number of carbonyl (C=O) groups excluding carboxylic acids is 3. The lowest BCUT2D eigenvalue weighted by Gasteiger charge is -2.32. The Labute approximate surface area is 161 Å². The summed E-state index contributed by atoms with van der Waals surface area (Å²) in [5, 5.41) is 6.34. The molecule has 142 valence electrons. The normalized spacial score (nSPS) is 22.6. The van der Waals surface area contributed by atoms with Crippen molar-refractivity contribution in [2.45, 2.75) is 37.8 Å². The number of nitrogens with zero attached hydrogens (tertiary/aromatic N) is 1. The Morgan fingerprint density at radius 3 is 2.63 bits per heavy atom. The Kier molecular flexibility index (Phi) is 4.78. The lowest BCUT2D eigenvalue weighted by atomic mass is 9.96. The van der Waals surface area contributed by atoms with Gasteiger partial charge in [0, 0.05) is 11.1 Å². The van der Waals surface area contributed by atoms with E-state index in [0.717, 1.165) is 31.2 Å². The van der Waals surface area contributed by atoms with Crippen molar-refractivity contribution in [3.05, 3.63) is 46.1 Å². The number of hydrogen-bond acceptors (Lipinski definition) is 4. The fourth-order valence-electron chi connectivity index (χ4n) is 3.87. The Morgan fingerprint density at radius 2 is 1.93 bits per heavy atom. The number of carbonyl (C=O) groups is 3. The molecular weight excluding hydrogens is 370 g/mol. The number of nitrogens with one attached hydrogen (secondary N) is 2. The van der Waals surface area contributed by atoms with E-state index in [1.54, 1.807) is 24.3 Å². The molecular formula is C19H20ClN3O4. The van der Waals surface area contributed by atoms with Gasteiger partial charge >= 0.3 is 12.0 Å². The smallest absolute Gasteiger partial charge is 0.338 e. The number of rotatable bonds is 4. The van der Waals surface area contributed by atoms with Crippen molar-refractivity contribution in [3.8, 4) is 0 Å². The number of benzene rings is 1. The van der Waals surface area contributed by atoms with E-state index in [0.29, 0.717) is 16.3 Å². The molecule has 2 aliphatic heterocycles. The first-order chi connectivity index (χ1) is 13.0. The molecule has 1 saturated carbocycles. The van der Waals surface area contributed by atoms with Gasteiger partial charge in [0.05, 0.1) is 17.3 Å². The molecule has 2 heterocycles. The second kappa shape index (κ2) is 7.23. The third-order valence-corrected chi connectivity index (χ3v) is 5.48. The second-order valence-electron chi connectivity index (χ2n) is 7.01. The first-order valence-electron chi connectivity index (χ1n) is 9.06. The summed E-state index contributed by atoms with van der Waals surface area (Å²) >= 11 is 5.93. The van der Waals surface area contributed by atoms with Crippen molar-refractivity contribution in [1.29, 1.82) is 0 Å². The van der Waals surface area contributed by atoms with Crippen LogP contribution in [-0.4, -0.2) is 42.0 Å². The van der Waals surface area contributed by atoms with E-state index in [4.69, 9.17) is 16.3 Å². The Bertz CT molecular complexity index is 815. The van der Waals surface area contributed by atoms with Crippen molar-refractivity contribution < 1.29 is 19.1 Å². The molecule has 1 aromatic carbocycles. The van der Waals surface area contributed by atoms with E-state index in [-0.39, 0.29) is 25.1 Å². The topological polar surface area (TPSA) is 87.7 Å². The third kappa shape index (κ3) is 3.51. The highest BCUT2D eigenvalue weighted by molar-refractivity contribution is 6.30. The summed E-state index contributed by atoms with van der Waals surface area (Å²) < 4.78 is 5.16. The van der Waals surface area contributed by atoms with E-state index in [2.05, 4.69) is 10.6 Å². The van der Waals surface area contributed by atoms with Crippen LogP contribution in [0.25, 0.3) is 0 Å². The molecule has 1 unspecified atom stereocenters. The molecule has 27 heavy (non-hydrogen) atoms. The van der Waals surface area contributed by atoms with Gasteiger partial charge in [-0.25, -0.2) is 9.59 Å². The van der Waals surface area contributed by atoms with Gasteiger partial charge in [-0.1, -0.05) is 36.6 Å². The quantitative estimate of drug-likeness (QED) is 0.773. The third-order valence-electron chi connectivity index (χ3n) is 5.22. The molecule has 1 aromatic rings. The van der Waals surface area contributed by atoms with Crippen molar-refractivity contribution in [1.82, 2.24) is 15.5 Å². The highest BCUT2D eigenvalue weighted by Crippen LogP contribution is 2.35. The van der Waals surface area contributed by atoms with Crippen LogP contribution in [0.2, 0.25) is 5.02 Å². The Hall–Kier alpha value is -2.54. The summed E-state index contributed by atoms with van der Waals surface area (Å²) in [5.74, 6) is -0.709. The van der Waals surface area contributed by atoms with Gasteiger partial charge in [-0.2, -0.15) is 0 Å². The van der Waals surface area contributed by atoms with Crippen LogP contribution < -0.4 is 10.6 Å². The van der Waals surface area contributed by atoms with E-state index in [1.165, 1.54) is 4.90 Å². The number of esters is 1. The van der Waals surface area contributed by atoms with Gasteiger partial charge in [-0.05, 0) is 30.5 Å². The van der Waals surface area contributed by atoms with Crippen LogP contribution in [0.3, 0.4) is 0 Å². The van der Waals surface area contributed by atoms with Gasteiger partial charge in [0.1, 0.15) is 13.2 Å². The molecule has 1 atom stereocenters. The highest BCUT2D eigenvalue weighted by Gasteiger charge is 2.42. The lowest BCUT2D eigenvalue weighted by Crippen LogP contribution is -2.51. The second-order valence-corrected chi connectivity index (χ2v) is 7.44. The van der Waals surface area contributed by atoms with Crippen molar-refractivity contribution in [3.63, 3.8) is 0 Å². The van der Waals surface area contributed by atoms with Crippen molar-refractivity contribution >= 4 is 29.5 Å². The molecule has 7 nitrogen and oxygen atoms in total. The van der Waals surface area contributed by atoms with Crippen molar-refractivity contribution in [2.24, 2.45) is 0 Å². The monoisotopic (exact) mass is 389 g/mol. The fraction of sp³-hybridized carbons (Fsp3) is 0.421. The lowest BCUT2D eigenvalue weighted by molar-refractivity contribution is -0.136. The number of urea groups is 1. The molecule has 8 heteroatoms. The number of hydrogen-bond donors (Lipinski definition) is 2. The van der Waals surface area contributed by atoms with E-state index in [9.17, 15) is 14.4 Å². The number of ether oxygens (including phenoxy) is 1. The molecule has 1 aliphatic carbocycles. The zero-order valence-electron chi connectivity index (χ0n) is 14.7. The summed E-state index contributed by atoms with van der Waals surface area (Å²) in [6, 6.07) is 6.04. The summed E-state index contributed by atoms with van der Waals surface area (Å²) in [5.41, 5.74) is 1.55. The maximum absolute atomic E-state index is 12.7. The van der Waals surface area contributed by atoms with Gasteiger partial charge in [0.25, 0.3) is 0 Å². The summed E-state index contributed by atoms with van der Waals surface area (Å²) in [6.07, 6.45) is 4.14. The molecule has 0 aromatic heterocycles. The molecule has 2 N–H and O–H groups in total. The van der Waals surface area contributed by atoms with E-state index >= 15 is 0 Å².